The van der Waals surface area contributed by atoms with E-state index in [0.717, 1.165) is 12.3 Å². The Morgan fingerprint density at radius 1 is 1.10 bits per heavy atom. The average molecular weight is 447 g/mol. The number of carbonyl (C=O) groups is 1. The van der Waals surface area contributed by atoms with Crippen molar-refractivity contribution in [2.45, 2.75) is 26.1 Å². The Hall–Kier alpha value is -3.02. The van der Waals surface area contributed by atoms with E-state index in [-0.39, 0.29) is 23.4 Å². The summed E-state index contributed by atoms with van der Waals surface area (Å²) in [5.41, 5.74) is 0.358. The fourth-order valence-electron chi connectivity index (χ4n) is 2.15. The summed E-state index contributed by atoms with van der Waals surface area (Å²) in [6.07, 6.45) is -3.48. The van der Waals surface area contributed by atoms with E-state index in [4.69, 9.17) is 4.74 Å². The summed E-state index contributed by atoms with van der Waals surface area (Å²) in [6.45, 7) is 2.21. The summed E-state index contributed by atoms with van der Waals surface area (Å²) in [6, 6.07) is 8.53. The maximum Gasteiger partial charge on any atom is 0.422 e. The highest BCUT2D eigenvalue weighted by molar-refractivity contribution is 7.93. The number of anilines is 2. The summed E-state index contributed by atoms with van der Waals surface area (Å²) in [7, 11) is -4.00. The Labute approximate surface area is 171 Å². The van der Waals surface area contributed by atoms with Crippen LogP contribution < -0.4 is 19.5 Å². The van der Waals surface area contributed by atoms with Crippen LogP contribution in [0.1, 0.15) is 13.8 Å². The van der Waals surface area contributed by atoms with Gasteiger partial charge in [-0.1, -0.05) is 0 Å². The van der Waals surface area contributed by atoms with Gasteiger partial charge in [0.25, 0.3) is 0 Å². The molecule has 0 radical (unpaired) electrons. The van der Waals surface area contributed by atoms with Crippen molar-refractivity contribution >= 4 is 27.3 Å². The number of sulfonamides is 1. The Kier molecular flexibility index (Phi) is 7.48. The molecule has 2 N–H and O–H groups in total. The normalized spacial score (nSPS) is 11.8. The smallest absolute Gasteiger partial charge is 0.422 e. The fraction of sp³-hybridized carbons (Fsp3) is 0.333. The second-order valence-electron chi connectivity index (χ2n) is 6.39. The highest BCUT2D eigenvalue weighted by atomic mass is 32.2. The van der Waals surface area contributed by atoms with Crippen LogP contribution in [0.2, 0.25) is 0 Å². The molecule has 0 aliphatic heterocycles. The minimum absolute atomic E-state index is 0.0315. The molecular formula is C18H20F3N3O5S. The van der Waals surface area contributed by atoms with Crippen LogP contribution in [0.5, 0.6) is 11.6 Å². The largest absolute Gasteiger partial charge is 0.491 e. The van der Waals surface area contributed by atoms with Gasteiger partial charge in [-0.25, -0.2) is 13.4 Å². The minimum Gasteiger partial charge on any atom is -0.491 e. The lowest BCUT2D eigenvalue weighted by Gasteiger charge is -2.12. The first kappa shape index (κ1) is 23.3. The zero-order chi connectivity index (χ0) is 22.4. The Morgan fingerprint density at radius 3 is 2.27 bits per heavy atom. The molecule has 12 heteroatoms. The Bertz CT molecular complexity index is 947. The number of benzene rings is 1. The van der Waals surface area contributed by atoms with Crippen LogP contribution in [0.25, 0.3) is 0 Å². The van der Waals surface area contributed by atoms with Crippen LogP contribution in [0.3, 0.4) is 0 Å². The minimum atomic E-state index is -4.50. The predicted octanol–water partition coefficient (Wildman–Crippen LogP) is 3.19. The Balaban J connectivity index is 1.88. The number of amides is 1. The summed E-state index contributed by atoms with van der Waals surface area (Å²) in [5.74, 6) is -1.44. The number of hydrogen-bond donors (Lipinski definition) is 2. The summed E-state index contributed by atoms with van der Waals surface area (Å²) < 4.78 is 72.8. The van der Waals surface area contributed by atoms with Gasteiger partial charge in [0.05, 0.1) is 18.0 Å². The highest BCUT2D eigenvalue weighted by Gasteiger charge is 2.28. The van der Waals surface area contributed by atoms with E-state index in [2.05, 4.69) is 19.8 Å². The van der Waals surface area contributed by atoms with Gasteiger partial charge >= 0.3 is 6.18 Å². The van der Waals surface area contributed by atoms with Crippen LogP contribution in [-0.4, -0.2) is 43.9 Å². The van der Waals surface area contributed by atoms with E-state index in [0.29, 0.717) is 5.75 Å². The molecular weight excluding hydrogens is 427 g/mol. The van der Waals surface area contributed by atoms with Crippen molar-refractivity contribution in [1.82, 2.24) is 4.98 Å². The van der Waals surface area contributed by atoms with E-state index in [9.17, 15) is 26.4 Å². The predicted molar refractivity (Wildman–Crippen MR) is 104 cm³/mol. The highest BCUT2D eigenvalue weighted by Crippen LogP contribution is 2.19. The van der Waals surface area contributed by atoms with Gasteiger partial charge in [-0.15, -0.1) is 0 Å². The van der Waals surface area contributed by atoms with Gasteiger partial charge in [-0.3, -0.25) is 9.52 Å². The molecule has 0 fully saturated rings. The van der Waals surface area contributed by atoms with Gasteiger partial charge in [-0.05, 0) is 44.2 Å². The standard InChI is InChI=1S/C18H20F3N3O5S/c1-12(2)29-15-6-3-13(4-7-15)24-30(26,27)10-16(25)23-14-5-8-17(22-9-14)28-11-18(19,20)21/h3-9,12,24H,10-11H2,1-2H3,(H,23,25). The molecule has 2 rings (SSSR count). The number of nitrogens with zero attached hydrogens (tertiary/aromatic N) is 1. The summed E-state index contributed by atoms with van der Waals surface area (Å²) >= 11 is 0. The number of aromatic nitrogens is 1. The first-order valence-electron chi connectivity index (χ1n) is 8.64. The number of alkyl halides is 3. The average Bonchev–Trinajstić information content (AvgIpc) is 2.61. The van der Waals surface area contributed by atoms with Crippen LogP contribution in [0.4, 0.5) is 24.5 Å². The lowest BCUT2D eigenvalue weighted by atomic mass is 10.3. The molecule has 164 valence electrons. The molecule has 0 aliphatic carbocycles. The van der Waals surface area contributed by atoms with Crippen LogP contribution in [0.15, 0.2) is 42.6 Å². The first-order valence-corrected chi connectivity index (χ1v) is 10.3. The van der Waals surface area contributed by atoms with Crippen molar-refractivity contribution in [2.24, 2.45) is 0 Å². The van der Waals surface area contributed by atoms with Crippen LogP contribution in [0, 0.1) is 0 Å². The molecule has 1 aromatic heterocycles. The SMILES string of the molecule is CC(C)Oc1ccc(NS(=O)(=O)CC(=O)Nc2ccc(OCC(F)(F)F)nc2)cc1. The topological polar surface area (TPSA) is 107 Å². The van der Waals surface area contributed by atoms with Crippen molar-refractivity contribution in [3.63, 3.8) is 0 Å². The molecule has 1 aromatic carbocycles. The molecule has 2 aromatic rings. The molecule has 0 saturated heterocycles. The molecule has 0 bridgehead atoms. The van der Waals surface area contributed by atoms with Gasteiger partial charge in [0.15, 0.2) is 6.61 Å². The third kappa shape index (κ3) is 8.55. The Morgan fingerprint density at radius 2 is 1.73 bits per heavy atom. The van der Waals surface area contributed by atoms with Crippen molar-refractivity contribution in [1.29, 1.82) is 0 Å². The maximum atomic E-state index is 12.2. The van der Waals surface area contributed by atoms with E-state index in [1.807, 2.05) is 13.8 Å². The lowest BCUT2D eigenvalue weighted by Crippen LogP contribution is -2.27. The number of halogens is 3. The molecule has 8 nitrogen and oxygen atoms in total. The number of carbonyl (C=O) groups excluding carboxylic acids is 1. The van der Waals surface area contributed by atoms with Gasteiger partial charge < -0.3 is 14.8 Å². The monoisotopic (exact) mass is 447 g/mol. The van der Waals surface area contributed by atoms with Gasteiger partial charge in [-0.2, -0.15) is 13.2 Å². The zero-order valence-electron chi connectivity index (χ0n) is 16.1. The summed E-state index contributed by atoms with van der Waals surface area (Å²) in [5, 5.41) is 2.30. The molecule has 0 atom stereocenters. The van der Waals surface area contributed by atoms with Crippen molar-refractivity contribution in [3.05, 3.63) is 42.6 Å². The number of ether oxygens (including phenoxy) is 2. The quantitative estimate of drug-likeness (QED) is 0.612. The first-order chi connectivity index (χ1) is 13.9. The second kappa shape index (κ2) is 9.65. The fourth-order valence-corrected chi connectivity index (χ4v) is 3.14. The molecule has 0 unspecified atom stereocenters. The van der Waals surface area contributed by atoms with Gasteiger partial charge in [0.1, 0.15) is 11.5 Å². The third-order valence-corrected chi connectivity index (χ3v) is 4.41. The van der Waals surface area contributed by atoms with Crippen molar-refractivity contribution in [2.75, 3.05) is 22.4 Å². The summed E-state index contributed by atoms with van der Waals surface area (Å²) in [4.78, 5) is 15.6. The third-order valence-electron chi connectivity index (χ3n) is 3.22. The maximum absolute atomic E-state index is 12.2. The van der Waals surface area contributed by atoms with E-state index in [1.165, 1.54) is 18.2 Å². The van der Waals surface area contributed by atoms with E-state index >= 15 is 0 Å². The molecule has 0 spiro atoms. The second-order valence-corrected chi connectivity index (χ2v) is 8.11. The number of hydrogen-bond acceptors (Lipinski definition) is 6. The van der Waals surface area contributed by atoms with Gasteiger partial charge in [0.2, 0.25) is 21.8 Å². The van der Waals surface area contributed by atoms with Crippen molar-refractivity contribution in [3.8, 4) is 11.6 Å². The van der Waals surface area contributed by atoms with E-state index in [1.54, 1.807) is 12.1 Å². The molecule has 1 heterocycles. The van der Waals surface area contributed by atoms with Crippen LogP contribution in [-0.2, 0) is 14.8 Å². The molecule has 1 amide bonds. The van der Waals surface area contributed by atoms with Crippen molar-refractivity contribution < 1.29 is 35.9 Å². The number of rotatable bonds is 9. The van der Waals surface area contributed by atoms with Crippen LogP contribution >= 0.6 is 0 Å². The number of pyridine rings is 1. The van der Waals surface area contributed by atoms with E-state index < -0.39 is 34.5 Å². The molecule has 0 aliphatic rings. The van der Waals surface area contributed by atoms with Gasteiger partial charge in [0, 0.05) is 11.8 Å². The zero-order valence-corrected chi connectivity index (χ0v) is 16.9. The lowest BCUT2D eigenvalue weighted by molar-refractivity contribution is -0.154. The number of nitrogens with one attached hydrogen (secondary N) is 2. The molecule has 0 saturated carbocycles. The molecule has 30 heavy (non-hydrogen) atoms.